The summed E-state index contributed by atoms with van der Waals surface area (Å²) in [5, 5.41) is 5.44. The van der Waals surface area contributed by atoms with Crippen LogP contribution in [-0.2, 0) is 19.2 Å². The number of anilines is 1. The maximum atomic E-state index is 5.61. The first-order valence-electron chi connectivity index (χ1n) is 5.66. The standard InChI is InChI=1S/C12H15BrN4S/c1-3-9-12(13)10(17(2)16-9)7-18-11-5-4-8(14)6-15-11/h4-6H,3,7,14H2,1-2H3. The third-order valence-corrected chi connectivity index (χ3v) is 4.49. The molecule has 4 nitrogen and oxygen atoms in total. The van der Waals surface area contributed by atoms with Gasteiger partial charge in [0.15, 0.2) is 0 Å². The van der Waals surface area contributed by atoms with Gasteiger partial charge < -0.3 is 5.73 Å². The fourth-order valence-electron chi connectivity index (χ4n) is 1.60. The second kappa shape index (κ2) is 5.75. The van der Waals surface area contributed by atoms with Crippen molar-refractivity contribution in [3.63, 3.8) is 0 Å². The summed E-state index contributed by atoms with van der Waals surface area (Å²) in [5.74, 6) is 0.834. The lowest BCUT2D eigenvalue weighted by Crippen LogP contribution is -1.97. The van der Waals surface area contributed by atoms with Crippen molar-refractivity contribution in [3.8, 4) is 0 Å². The van der Waals surface area contributed by atoms with Gasteiger partial charge >= 0.3 is 0 Å². The van der Waals surface area contributed by atoms with E-state index >= 15 is 0 Å². The van der Waals surface area contributed by atoms with Gasteiger partial charge in [-0.2, -0.15) is 5.10 Å². The Morgan fingerprint density at radius 1 is 1.44 bits per heavy atom. The molecular weight excluding hydrogens is 312 g/mol. The Balaban J connectivity index is 2.10. The van der Waals surface area contributed by atoms with E-state index < -0.39 is 0 Å². The minimum absolute atomic E-state index is 0.689. The van der Waals surface area contributed by atoms with E-state index in [0.29, 0.717) is 5.69 Å². The second-order valence-corrected chi connectivity index (χ2v) is 5.69. The summed E-state index contributed by atoms with van der Waals surface area (Å²) in [6.07, 6.45) is 2.61. The largest absolute Gasteiger partial charge is 0.397 e. The second-order valence-electron chi connectivity index (χ2n) is 3.90. The normalized spacial score (nSPS) is 10.8. The van der Waals surface area contributed by atoms with E-state index in [9.17, 15) is 0 Å². The number of aryl methyl sites for hydroxylation is 2. The number of hydrogen-bond donors (Lipinski definition) is 1. The molecule has 2 N–H and O–H groups in total. The number of nitrogens with zero attached hydrogens (tertiary/aromatic N) is 3. The van der Waals surface area contributed by atoms with Crippen LogP contribution in [0.1, 0.15) is 18.3 Å². The quantitative estimate of drug-likeness (QED) is 0.877. The van der Waals surface area contributed by atoms with Gasteiger partial charge in [0.1, 0.15) is 0 Å². The molecule has 2 aromatic heterocycles. The van der Waals surface area contributed by atoms with Crippen molar-refractivity contribution >= 4 is 33.4 Å². The Bertz CT molecular complexity index is 536. The molecule has 0 radical (unpaired) electrons. The SMILES string of the molecule is CCc1nn(C)c(CSc2ccc(N)cn2)c1Br. The van der Waals surface area contributed by atoms with E-state index in [4.69, 9.17) is 5.73 Å². The summed E-state index contributed by atoms with van der Waals surface area (Å²) in [4.78, 5) is 4.27. The molecule has 0 aliphatic rings. The third-order valence-electron chi connectivity index (χ3n) is 2.62. The van der Waals surface area contributed by atoms with Gasteiger partial charge in [0.2, 0.25) is 0 Å². The van der Waals surface area contributed by atoms with Gasteiger partial charge in [0.25, 0.3) is 0 Å². The summed E-state index contributed by atoms with van der Waals surface area (Å²) < 4.78 is 3.03. The molecule has 0 aliphatic carbocycles. The summed E-state index contributed by atoms with van der Waals surface area (Å²) in [6.45, 7) is 2.10. The van der Waals surface area contributed by atoms with Crippen LogP contribution in [0.2, 0.25) is 0 Å². The molecule has 0 amide bonds. The van der Waals surface area contributed by atoms with E-state index in [2.05, 4.69) is 32.9 Å². The summed E-state index contributed by atoms with van der Waals surface area (Å²) in [6, 6.07) is 3.80. The van der Waals surface area contributed by atoms with Crippen molar-refractivity contribution in [2.45, 2.75) is 24.1 Å². The lowest BCUT2D eigenvalue weighted by Gasteiger charge is -2.03. The molecular formula is C12H15BrN4S. The fraction of sp³-hybridized carbons (Fsp3) is 0.333. The fourth-order valence-corrected chi connectivity index (χ4v) is 3.45. The molecule has 0 atom stereocenters. The number of nitrogens with two attached hydrogens (primary N) is 1. The topological polar surface area (TPSA) is 56.7 Å². The highest BCUT2D eigenvalue weighted by molar-refractivity contribution is 9.10. The van der Waals surface area contributed by atoms with Crippen molar-refractivity contribution in [2.75, 3.05) is 5.73 Å². The predicted molar refractivity (Wildman–Crippen MR) is 78.5 cm³/mol. The highest BCUT2D eigenvalue weighted by Gasteiger charge is 2.12. The van der Waals surface area contributed by atoms with Crippen molar-refractivity contribution in [1.29, 1.82) is 0 Å². The van der Waals surface area contributed by atoms with Crippen LogP contribution in [0.25, 0.3) is 0 Å². The van der Waals surface area contributed by atoms with Gasteiger partial charge in [0.05, 0.1) is 32.8 Å². The monoisotopic (exact) mass is 326 g/mol. The Hall–Kier alpha value is -1.01. The molecule has 0 bridgehead atoms. The minimum Gasteiger partial charge on any atom is -0.397 e. The molecule has 96 valence electrons. The predicted octanol–water partition coefficient (Wildman–Crippen LogP) is 3.01. The summed E-state index contributed by atoms with van der Waals surface area (Å²) in [7, 11) is 1.97. The smallest absolute Gasteiger partial charge is 0.0965 e. The van der Waals surface area contributed by atoms with Crippen LogP contribution < -0.4 is 5.73 Å². The number of aromatic nitrogens is 3. The van der Waals surface area contributed by atoms with Crippen LogP contribution in [0.4, 0.5) is 5.69 Å². The van der Waals surface area contributed by atoms with Crippen LogP contribution in [0.3, 0.4) is 0 Å². The van der Waals surface area contributed by atoms with Gasteiger partial charge in [-0.1, -0.05) is 6.92 Å². The van der Waals surface area contributed by atoms with E-state index in [-0.39, 0.29) is 0 Å². The zero-order valence-electron chi connectivity index (χ0n) is 10.4. The molecule has 2 rings (SSSR count). The van der Waals surface area contributed by atoms with E-state index in [1.165, 1.54) is 5.69 Å². The number of halogens is 1. The molecule has 2 heterocycles. The minimum atomic E-state index is 0.689. The summed E-state index contributed by atoms with van der Waals surface area (Å²) in [5.41, 5.74) is 8.57. The number of hydrogen-bond acceptors (Lipinski definition) is 4. The Morgan fingerprint density at radius 3 is 2.78 bits per heavy atom. The molecule has 0 aliphatic heterocycles. The van der Waals surface area contributed by atoms with Crippen molar-refractivity contribution < 1.29 is 0 Å². The average molecular weight is 327 g/mol. The van der Waals surface area contributed by atoms with Crippen LogP contribution in [-0.4, -0.2) is 14.8 Å². The Labute approximate surface area is 119 Å². The van der Waals surface area contributed by atoms with E-state index in [1.54, 1.807) is 18.0 Å². The highest BCUT2D eigenvalue weighted by Crippen LogP contribution is 2.28. The lowest BCUT2D eigenvalue weighted by atomic mass is 10.3. The van der Waals surface area contributed by atoms with Gasteiger partial charge in [-0.3, -0.25) is 4.68 Å². The molecule has 2 aromatic rings. The van der Waals surface area contributed by atoms with Gasteiger partial charge in [-0.15, -0.1) is 11.8 Å². The third kappa shape index (κ3) is 2.87. The molecule has 18 heavy (non-hydrogen) atoms. The number of thioether (sulfide) groups is 1. The first kappa shape index (κ1) is 13.4. The molecule has 0 saturated carbocycles. The Kier molecular flexibility index (Phi) is 4.29. The number of nitrogen functional groups attached to an aromatic ring is 1. The zero-order valence-corrected chi connectivity index (χ0v) is 12.8. The average Bonchev–Trinajstić information content (AvgIpc) is 2.64. The molecule has 0 saturated heterocycles. The molecule has 0 unspecified atom stereocenters. The van der Waals surface area contributed by atoms with Crippen molar-refractivity contribution in [3.05, 3.63) is 34.2 Å². The van der Waals surface area contributed by atoms with Gasteiger partial charge in [-0.25, -0.2) is 4.98 Å². The molecule has 6 heteroatoms. The molecule has 0 aromatic carbocycles. The zero-order chi connectivity index (χ0) is 13.1. The number of rotatable bonds is 4. The van der Waals surface area contributed by atoms with Crippen LogP contribution in [0, 0.1) is 0 Å². The lowest BCUT2D eigenvalue weighted by molar-refractivity contribution is 0.719. The maximum absolute atomic E-state index is 5.61. The van der Waals surface area contributed by atoms with Crippen LogP contribution in [0.15, 0.2) is 27.8 Å². The van der Waals surface area contributed by atoms with E-state index in [0.717, 1.165) is 27.4 Å². The van der Waals surface area contributed by atoms with E-state index in [1.807, 2.05) is 23.9 Å². The maximum Gasteiger partial charge on any atom is 0.0965 e. The summed E-state index contributed by atoms with van der Waals surface area (Å²) >= 11 is 5.29. The van der Waals surface area contributed by atoms with Gasteiger partial charge in [-0.05, 0) is 34.5 Å². The Morgan fingerprint density at radius 2 is 2.22 bits per heavy atom. The van der Waals surface area contributed by atoms with Crippen LogP contribution in [0.5, 0.6) is 0 Å². The van der Waals surface area contributed by atoms with Crippen molar-refractivity contribution in [2.24, 2.45) is 7.05 Å². The van der Waals surface area contributed by atoms with Crippen LogP contribution >= 0.6 is 27.7 Å². The number of pyridine rings is 1. The molecule has 0 fully saturated rings. The first-order valence-corrected chi connectivity index (χ1v) is 7.44. The molecule has 0 spiro atoms. The van der Waals surface area contributed by atoms with Crippen molar-refractivity contribution in [1.82, 2.24) is 14.8 Å². The first-order chi connectivity index (χ1) is 8.61. The highest BCUT2D eigenvalue weighted by atomic mass is 79.9. The van der Waals surface area contributed by atoms with Gasteiger partial charge in [0, 0.05) is 12.8 Å².